The van der Waals surface area contributed by atoms with Gasteiger partial charge in [-0.1, -0.05) is 19.7 Å². The molecule has 0 amide bonds. The molecule has 0 aromatic rings. The highest BCUT2D eigenvalue weighted by Crippen LogP contribution is 2.50. The van der Waals surface area contributed by atoms with Crippen LogP contribution in [0, 0.1) is 17.8 Å². The van der Waals surface area contributed by atoms with E-state index in [-0.39, 0.29) is 17.7 Å². The second kappa shape index (κ2) is 2.97. The Bertz CT molecular complexity index is 166. The van der Waals surface area contributed by atoms with Gasteiger partial charge in [0.2, 0.25) is 0 Å². The molecule has 0 aliphatic heterocycles. The zero-order valence-corrected chi connectivity index (χ0v) is 7.65. The fraction of sp³-hybridized carbons (Fsp3) is 1.00. The van der Waals surface area contributed by atoms with Crippen LogP contribution in [0.25, 0.3) is 0 Å². The molecule has 12 heavy (non-hydrogen) atoms. The lowest BCUT2D eigenvalue weighted by Crippen LogP contribution is -2.24. The van der Waals surface area contributed by atoms with Crippen LogP contribution < -0.4 is 0 Å². The summed E-state index contributed by atoms with van der Waals surface area (Å²) in [7, 11) is 1.71. The van der Waals surface area contributed by atoms with E-state index in [2.05, 4.69) is 0 Å². The molecular formula is C8H14BF3. The molecule has 4 unspecified atom stereocenters. The first-order chi connectivity index (χ1) is 5.34. The molecule has 0 saturated heterocycles. The predicted molar refractivity (Wildman–Crippen MR) is 44.8 cm³/mol. The first kappa shape index (κ1) is 9.94. The Labute approximate surface area is 71.9 Å². The van der Waals surface area contributed by atoms with E-state index < -0.39 is 12.1 Å². The number of halogens is 3. The maximum atomic E-state index is 12.4. The normalized spacial score (nSPS) is 43.4. The summed E-state index contributed by atoms with van der Waals surface area (Å²) in [6, 6.07) is 0. The zero-order chi connectivity index (χ0) is 9.52. The molecule has 0 aromatic heterocycles. The highest BCUT2D eigenvalue weighted by atomic mass is 19.4. The Morgan fingerprint density at radius 1 is 1.25 bits per heavy atom. The van der Waals surface area contributed by atoms with Crippen LogP contribution in [-0.2, 0) is 0 Å². The third-order valence-corrected chi connectivity index (χ3v) is 3.41. The Morgan fingerprint density at radius 2 is 1.75 bits per heavy atom. The van der Waals surface area contributed by atoms with Gasteiger partial charge in [-0.2, -0.15) is 13.2 Å². The monoisotopic (exact) mass is 178 g/mol. The molecule has 0 spiro atoms. The lowest BCUT2D eigenvalue weighted by Gasteiger charge is -2.20. The van der Waals surface area contributed by atoms with E-state index in [4.69, 9.17) is 0 Å². The fourth-order valence-electron chi connectivity index (χ4n) is 2.15. The number of hydrogen-bond donors (Lipinski definition) is 0. The molecule has 1 aliphatic carbocycles. The summed E-state index contributed by atoms with van der Waals surface area (Å²) in [5.41, 5.74) is 0. The third kappa shape index (κ3) is 1.62. The second-order valence-electron chi connectivity index (χ2n) is 4.08. The van der Waals surface area contributed by atoms with Crippen LogP contribution in [0.5, 0.6) is 0 Å². The van der Waals surface area contributed by atoms with Gasteiger partial charge in [0, 0.05) is 0 Å². The van der Waals surface area contributed by atoms with Gasteiger partial charge in [-0.15, -0.1) is 0 Å². The standard InChI is InChI=1S/C8H14BF3/c1-4-3-6(8(10,11)12)7(9)5(4)2/h4-7H,3,9H2,1-2H3. The van der Waals surface area contributed by atoms with Gasteiger partial charge in [0.1, 0.15) is 7.85 Å². The zero-order valence-electron chi connectivity index (χ0n) is 7.65. The average molecular weight is 178 g/mol. The number of rotatable bonds is 0. The third-order valence-electron chi connectivity index (χ3n) is 3.41. The minimum atomic E-state index is -3.99. The average Bonchev–Trinajstić information content (AvgIpc) is 2.15. The Kier molecular flexibility index (Phi) is 2.46. The van der Waals surface area contributed by atoms with Crippen LogP contribution in [0.15, 0.2) is 0 Å². The minimum absolute atomic E-state index is 0.205. The van der Waals surface area contributed by atoms with Crippen LogP contribution in [0.1, 0.15) is 20.3 Å². The van der Waals surface area contributed by atoms with Crippen molar-refractivity contribution in [1.29, 1.82) is 0 Å². The van der Waals surface area contributed by atoms with Gasteiger partial charge >= 0.3 is 6.18 Å². The molecule has 1 fully saturated rings. The van der Waals surface area contributed by atoms with Crippen molar-refractivity contribution in [3.05, 3.63) is 0 Å². The first-order valence-corrected chi connectivity index (χ1v) is 4.40. The SMILES string of the molecule is BC1C(C)C(C)CC1C(F)(F)F. The van der Waals surface area contributed by atoms with Crippen LogP contribution in [0.4, 0.5) is 13.2 Å². The van der Waals surface area contributed by atoms with E-state index in [1.807, 2.05) is 13.8 Å². The molecule has 70 valence electrons. The van der Waals surface area contributed by atoms with Gasteiger partial charge in [0.15, 0.2) is 0 Å². The summed E-state index contributed by atoms with van der Waals surface area (Å²) in [6.07, 6.45) is -3.68. The first-order valence-electron chi connectivity index (χ1n) is 4.40. The Hall–Kier alpha value is -0.145. The van der Waals surface area contributed by atoms with E-state index in [9.17, 15) is 13.2 Å². The number of hydrogen-bond acceptors (Lipinski definition) is 0. The van der Waals surface area contributed by atoms with Gasteiger partial charge < -0.3 is 0 Å². The fourth-order valence-corrected chi connectivity index (χ4v) is 2.15. The molecule has 0 bridgehead atoms. The van der Waals surface area contributed by atoms with Gasteiger partial charge in [-0.3, -0.25) is 0 Å². The molecule has 1 aliphatic rings. The van der Waals surface area contributed by atoms with E-state index in [0.29, 0.717) is 6.42 Å². The van der Waals surface area contributed by atoms with Crippen molar-refractivity contribution < 1.29 is 13.2 Å². The molecule has 1 saturated carbocycles. The minimum Gasteiger partial charge on any atom is -0.171 e. The molecule has 0 nitrogen and oxygen atoms in total. The van der Waals surface area contributed by atoms with E-state index in [1.54, 1.807) is 7.85 Å². The Balaban J connectivity index is 2.71. The summed E-state index contributed by atoms with van der Waals surface area (Å²) in [5, 5.41) is 0. The van der Waals surface area contributed by atoms with E-state index in [0.717, 1.165) is 0 Å². The second-order valence-corrected chi connectivity index (χ2v) is 4.08. The summed E-state index contributed by atoms with van der Waals surface area (Å²) in [6.45, 7) is 3.83. The van der Waals surface area contributed by atoms with Crippen molar-refractivity contribution in [3.63, 3.8) is 0 Å². The highest BCUT2D eigenvalue weighted by molar-refractivity contribution is 6.12. The van der Waals surface area contributed by atoms with Crippen LogP contribution in [-0.4, -0.2) is 14.0 Å². The summed E-state index contributed by atoms with van der Waals surface area (Å²) in [5.74, 6) is -0.856. The molecule has 4 heteroatoms. The molecule has 4 atom stereocenters. The summed E-state index contributed by atoms with van der Waals surface area (Å²) in [4.78, 5) is 0. The van der Waals surface area contributed by atoms with Gasteiger partial charge in [-0.05, 0) is 18.3 Å². The highest BCUT2D eigenvalue weighted by Gasteiger charge is 2.49. The van der Waals surface area contributed by atoms with Gasteiger partial charge in [-0.25, -0.2) is 0 Å². The van der Waals surface area contributed by atoms with E-state index in [1.165, 1.54) is 0 Å². The van der Waals surface area contributed by atoms with Crippen LogP contribution in [0.3, 0.4) is 0 Å². The predicted octanol–water partition coefficient (Wildman–Crippen LogP) is 2.26. The largest absolute Gasteiger partial charge is 0.391 e. The summed E-state index contributed by atoms with van der Waals surface area (Å²) < 4.78 is 37.1. The quantitative estimate of drug-likeness (QED) is 0.499. The number of alkyl halides is 3. The lowest BCUT2D eigenvalue weighted by atomic mass is 9.73. The smallest absolute Gasteiger partial charge is 0.171 e. The van der Waals surface area contributed by atoms with Crippen molar-refractivity contribution in [2.24, 2.45) is 17.8 Å². The molecule has 0 heterocycles. The van der Waals surface area contributed by atoms with Crippen LogP contribution in [0.2, 0.25) is 5.82 Å². The van der Waals surface area contributed by atoms with Crippen molar-refractivity contribution in [2.45, 2.75) is 32.3 Å². The van der Waals surface area contributed by atoms with Gasteiger partial charge in [0.25, 0.3) is 0 Å². The molecule has 0 radical (unpaired) electrons. The van der Waals surface area contributed by atoms with Crippen LogP contribution >= 0.6 is 0 Å². The molecular weight excluding hydrogens is 164 g/mol. The summed E-state index contributed by atoms with van der Waals surface area (Å²) >= 11 is 0. The Morgan fingerprint density at radius 3 is 1.92 bits per heavy atom. The van der Waals surface area contributed by atoms with E-state index >= 15 is 0 Å². The maximum absolute atomic E-state index is 12.4. The van der Waals surface area contributed by atoms with Gasteiger partial charge in [0.05, 0.1) is 5.92 Å². The molecule has 0 aromatic carbocycles. The van der Waals surface area contributed by atoms with Crippen molar-refractivity contribution in [1.82, 2.24) is 0 Å². The van der Waals surface area contributed by atoms with Crippen molar-refractivity contribution >= 4 is 7.85 Å². The molecule has 0 N–H and O–H groups in total. The van der Waals surface area contributed by atoms with Crippen molar-refractivity contribution in [3.8, 4) is 0 Å². The van der Waals surface area contributed by atoms with Crippen molar-refractivity contribution in [2.75, 3.05) is 0 Å². The topological polar surface area (TPSA) is 0 Å². The molecule has 1 rings (SSSR count). The maximum Gasteiger partial charge on any atom is 0.391 e. The lowest BCUT2D eigenvalue weighted by molar-refractivity contribution is -0.173.